The summed E-state index contributed by atoms with van der Waals surface area (Å²) in [7, 11) is 0. The molecule has 0 N–H and O–H groups in total. The summed E-state index contributed by atoms with van der Waals surface area (Å²) in [5.74, 6) is 0. The Morgan fingerprint density at radius 3 is 2.08 bits per heavy atom. The van der Waals surface area contributed by atoms with E-state index in [0.717, 1.165) is 0 Å². The van der Waals surface area contributed by atoms with Gasteiger partial charge in [-0.1, -0.05) is 64.1 Å². The van der Waals surface area contributed by atoms with Gasteiger partial charge >= 0.3 is 0 Å². The van der Waals surface area contributed by atoms with Crippen LogP contribution in [0.5, 0.6) is 0 Å². The van der Waals surface area contributed by atoms with E-state index >= 15 is 0 Å². The largest absolute Gasteiger partial charge is 0.301 e. The van der Waals surface area contributed by atoms with Crippen LogP contribution in [0.2, 0.25) is 0 Å². The van der Waals surface area contributed by atoms with Crippen LogP contribution < -0.4 is 4.90 Å². The lowest BCUT2D eigenvalue weighted by atomic mass is 9.67. The Kier molecular flexibility index (Phi) is 2.57. The van der Waals surface area contributed by atoms with Crippen LogP contribution in [0.1, 0.15) is 49.9 Å². The van der Waals surface area contributed by atoms with Crippen LogP contribution in [-0.2, 0) is 10.8 Å². The van der Waals surface area contributed by atoms with Gasteiger partial charge in [0.25, 0.3) is 0 Å². The van der Waals surface area contributed by atoms with E-state index in [9.17, 15) is 0 Å². The molecule has 1 nitrogen and oxygen atoms in total. The number of para-hydroxylation sites is 2. The molecule has 120 valence electrons. The Labute approximate surface area is 147 Å². The van der Waals surface area contributed by atoms with Crippen molar-refractivity contribution in [1.82, 2.24) is 0 Å². The zero-order valence-electron chi connectivity index (χ0n) is 14.6. The lowest BCUT2D eigenvalue weighted by molar-refractivity contribution is 0.600. The lowest BCUT2D eigenvalue weighted by Crippen LogP contribution is -2.37. The number of fused-ring (bicyclic) bond motifs is 4. The van der Waals surface area contributed by atoms with Gasteiger partial charge < -0.3 is 4.90 Å². The fourth-order valence-corrected chi connectivity index (χ4v) is 5.64. The standard InChI is InChI=1S/C22H21NS/c1-21(2)14-8-5-6-11-18(14)23-19-15(21)9-7-10-16(19)22(3,4)17-12-13-24-20(17)23/h5-13H,1-4H3. The third-order valence-corrected chi connectivity index (χ3v) is 6.84. The highest BCUT2D eigenvalue weighted by molar-refractivity contribution is 7.14. The van der Waals surface area contributed by atoms with Gasteiger partial charge in [0.2, 0.25) is 0 Å². The summed E-state index contributed by atoms with van der Waals surface area (Å²) < 4.78 is 0. The predicted molar refractivity (Wildman–Crippen MR) is 103 cm³/mol. The number of anilines is 3. The predicted octanol–water partition coefficient (Wildman–Crippen LogP) is 6.50. The van der Waals surface area contributed by atoms with E-state index in [0.29, 0.717) is 0 Å². The maximum atomic E-state index is 2.51. The first-order chi connectivity index (χ1) is 11.4. The minimum absolute atomic E-state index is 0.0171. The average Bonchev–Trinajstić information content (AvgIpc) is 3.05. The molecule has 0 spiro atoms. The Hall–Kier alpha value is -2.06. The number of rotatable bonds is 0. The first-order valence-electron chi connectivity index (χ1n) is 8.55. The molecule has 0 saturated carbocycles. The summed E-state index contributed by atoms with van der Waals surface area (Å²) in [4.78, 5) is 2.51. The van der Waals surface area contributed by atoms with Crippen molar-refractivity contribution in [2.45, 2.75) is 38.5 Å². The quantitative estimate of drug-likeness (QED) is 0.454. The van der Waals surface area contributed by atoms with Crippen molar-refractivity contribution in [3.05, 3.63) is 76.2 Å². The van der Waals surface area contributed by atoms with Gasteiger partial charge in [0, 0.05) is 10.8 Å². The molecule has 5 rings (SSSR count). The van der Waals surface area contributed by atoms with Gasteiger partial charge in [-0.05, 0) is 39.8 Å². The van der Waals surface area contributed by atoms with Crippen molar-refractivity contribution in [3.8, 4) is 0 Å². The van der Waals surface area contributed by atoms with Gasteiger partial charge in [-0.25, -0.2) is 0 Å². The van der Waals surface area contributed by atoms with Crippen LogP contribution in [0.15, 0.2) is 53.9 Å². The summed E-state index contributed by atoms with van der Waals surface area (Å²) in [6.07, 6.45) is 0. The van der Waals surface area contributed by atoms with Crippen molar-refractivity contribution in [2.24, 2.45) is 0 Å². The molecule has 0 bridgehead atoms. The van der Waals surface area contributed by atoms with Gasteiger partial charge in [0.05, 0.1) is 11.4 Å². The molecule has 2 aliphatic heterocycles. The van der Waals surface area contributed by atoms with Crippen LogP contribution in [0.3, 0.4) is 0 Å². The summed E-state index contributed by atoms with van der Waals surface area (Å²) in [5, 5.41) is 3.61. The first kappa shape index (κ1) is 14.3. The molecule has 24 heavy (non-hydrogen) atoms. The molecular formula is C22H21NS. The third kappa shape index (κ3) is 1.51. The summed E-state index contributed by atoms with van der Waals surface area (Å²) in [5.41, 5.74) is 8.52. The summed E-state index contributed by atoms with van der Waals surface area (Å²) in [6.45, 7) is 9.43. The van der Waals surface area contributed by atoms with Crippen molar-refractivity contribution < 1.29 is 0 Å². The number of thiophene rings is 1. The topological polar surface area (TPSA) is 3.24 Å². The maximum Gasteiger partial charge on any atom is 0.104 e. The monoisotopic (exact) mass is 331 g/mol. The van der Waals surface area contributed by atoms with Crippen LogP contribution >= 0.6 is 11.3 Å². The normalized spacial score (nSPS) is 18.6. The third-order valence-electron chi connectivity index (χ3n) is 5.95. The van der Waals surface area contributed by atoms with Crippen molar-refractivity contribution in [3.63, 3.8) is 0 Å². The second-order valence-corrected chi connectivity index (χ2v) is 8.84. The van der Waals surface area contributed by atoms with Gasteiger partial charge in [-0.3, -0.25) is 0 Å². The van der Waals surface area contributed by atoms with Gasteiger partial charge in [-0.2, -0.15) is 0 Å². The second kappa shape index (κ2) is 4.31. The van der Waals surface area contributed by atoms with E-state index in [-0.39, 0.29) is 10.8 Å². The second-order valence-electron chi connectivity index (χ2n) is 7.94. The maximum absolute atomic E-state index is 2.51. The van der Waals surface area contributed by atoms with Crippen LogP contribution in [0.25, 0.3) is 0 Å². The summed E-state index contributed by atoms with van der Waals surface area (Å²) >= 11 is 1.86. The number of hydrogen-bond donors (Lipinski definition) is 0. The average molecular weight is 331 g/mol. The Balaban J connectivity index is 1.97. The zero-order valence-corrected chi connectivity index (χ0v) is 15.4. The smallest absolute Gasteiger partial charge is 0.104 e. The van der Waals surface area contributed by atoms with E-state index in [4.69, 9.17) is 0 Å². The molecule has 3 heterocycles. The van der Waals surface area contributed by atoms with Gasteiger partial charge in [0.15, 0.2) is 0 Å². The molecule has 0 aliphatic carbocycles. The minimum atomic E-state index is 0.0171. The lowest BCUT2D eigenvalue weighted by Gasteiger charge is -2.48. The molecule has 2 aromatic carbocycles. The minimum Gasteiger partial charge on any atom is -0.301 e. The molecule has 0 saturated heterocycles. The molecule has 0 atom stereocenters. The number of benzene rings is 2. The van der Waals surface area contributed by atoms with E-state index in [1.165, 1.54) is 38.6 Å². The van der Waals surface area contributed by atoms with Crippen molar-refractivity contribution in [2.75, 3.05) is 4.90 Å². The van der Waals surface area contributed by atoms with Crippen molar-refractivity contribution in [1.29, 1.82) is 0 Å². The van der Waals surface area contributed by atoms with E-state index in [2.05, 4.69) is 86.5 Å². The fourth-order valence-electron chi connectivity index (χ4n) is 4.56. The molecule has 0 radical (unpaired) electrons. The fraction of sp³-hybridized carbons (Fsp3) is 0.273. The molecule has 2 heteroatoms. The molecule has 0 amide bonds. The van der Waals surface area contributed by atoms with Crippen LogP contribution in [0.4, 0.5) is 16.4 Å². The Bertz CT molecular complexity index is 977. The van der Waals surface area contributed by atoms with E-state index in [1.807, 2.05) is 11.3 Å². The highest BCUT2D eigenvalue weighted by Crippen LogP contribution is 2.60. The van der Waals surface area contributed by atoms with Crippen LogP contribution in [-0.4, -0.2) is 0 Å². The molecular weight excluding hydrogens is 310 g/mol. The van der Waals surface area contributed by atoms with Crippen molar-refractivity contribution >= 4 is 27.7 Å². The molecule has 2 aliphatic rings. The Morgan fingerprint density at radius 2 is 1.33 bits per heavy atom. The number of nitrogens with zero attached hydrogens (tertiary/aromatic N) is 1. The molecule has 3 aromatic rings. The molecule has 0 fully saturated rings. The molecule has 1 aromatic heterocycles. The zero-order chi connectivity index (χ0) is 16.7. The van der Waals surface area contributed by atoms with Gasteiger partial charge in [-0.15, -0.1) is 11.3 Å². The number of hydrogen-bond acceptors (Lipinski definition) is 2. The first-order valence-corrected chi connectivity index (χ1v) is 9.43. The highest BCUT2D eigenvalue weighted by Gasteiger charge is 2.45. The summed E-state index contributed by atoms with van der Waals surface area (Å²) in [6, 6.07) is 18.1. The van der Waals surface area contributed by atoms with E-state index in [1.54, 1.807) is 0 Å². The SMILES string of the molecule is CC1(C)c2ccccc2N2c3sccc3C(C)(C)c3cccc1c32. The highest BCUT2D eigenvalue weighted by atomic mass is 32.1. The van der Waals surface area contributed by atoms with Crippen LogP contribution in [0, 0.1) is 0 Å². The van der Waals surface area contributed by atoms with E-state index < -0.39 is 0 Å². The van der Waals surface area contributed by atoms with Gasteiger partial charge in [0.1, 0.15) is 5.00 Å². The molecule has 0 unspecified atom stereocenters. The Morgan fingerprint density at radius 1 is 0.708 bits per heavy atom.